The van der Waals surface area contributed by atoms with Gasteiger partial charge in [-0.05, 0) is 138 Å². The van der Waals surface area contributed by atoms with Gasteiger partial charge in [-0.3, -0.25) is 4.79 Å². The van der Waals surface area contributed by atoms with E-state index in [-0.39, 0.29) is 27.4 Å². The van der Waals surface area contributed by atoms with E-state index in [4.69, 9.17) is 4.74 Å². The number of carbonyl (C=O) groups is 1. The normalized spacial score (nSPS) is 47.3. The number of hydrogen-bond acceptors (Lipinski definition) is 2. The number of ketones is 1. The Kier molecular flexibility index (Phi) is 6.30. The highest BCUT2D eigenvalue weighted by atomic mass is 19.4. The average Bonchev–Trinajstić information content (AvgIpc) is 3.26. The molecule has 4 unspecified atom stereocenters. The van der Waals surface area contributed by atoms with Crippen molar-refractivity contribution in [2.24, 2.45) is 56.2 Å². The third-order valence-electron chi connectivity index (χ3n) is 15.3. The molecule has 1 heterocycles. The molecule has 0 aromatic heterocycles. The standard InChI is InChI=1S/C38H51F3O2/c1-32(2)16-18-37-19-17-35(6)26(29(37)31(32)43-22-37)12-13-28-34(5)21-24(20-23-8-10-25(11-9-23)38(39,40)41)30(42)33(3,4)27(34)14-15-36(28,35)7/h8-11,20,26-29,31H,12-19,21-22H2,1-7H3/b24-20+/t26?,27?,28?,29?,31-,34-,35+,36+,37+/m0/s1. The smallest absolute Gasteiger partial charge is 0.377 e. The van der Waals surface area contributed by atoms with Crippen LogP contribution in [-0.2, 0) is 15.7 Å². The lowest BCUT2D eigenvalue weighted by Crippen LogP contribution is -2.67. The van der Waals surface area contributed by atoms with Gasteiger partial charge in [-0.25, -0.2) is 0 Å². The zero-order valence-corrected chi connectivity index (χ0v) is 27.3. The Balaban J connectivity index is 1.25. The zero-order chi connectivity index (χ0) is 31.0. The molecular formula is C38H51F3O2. The summed E-state index contributed by atoms with van der Waals surface area (Å²) in [5.74, 6) is 2.32. The van der Waals surface area contributed by atoms with E-state index in [0.717, 1.165) is 30.7 Å². The van der Waals surface area contributed by atoms with Crippen LogP contribution >= 0.6 is 0 Å². The zero-order valence-electron chi connectivity index (χ0n) is 27.3. The SMILES string of the molecule is CC1(C)C(=O)/C(=C/c2ccc(C(F)(F)F)cc2)C[C@@]2(C)C1CC[C@]1(C)C2CCC2C3[C@@H]4OC[C@@]3(CCC4(C)C)CC[C@]21C. The van der Waals surface area contributed by atoms with Crippen LogP contribution < -0.4 is 0 Å². The third kappa shape index (κ3) is 3.91. The molecule has 5 saturated carbocycles. The van der Waals surface area contributed by atoms with Crippen molar-refractivity contribution < 1.29 is 22.7 Å². The summed E-state index contributed by atoms with van der Waals surface area (Å²) in [5, 5.41) is 0. The van der Waals surface area contributed by atoms with Gasteiger partial charge < -0.3 is 4.74 Å². The van der Waals surface area contributed by atoms with Crippen LogP contribution in [0.15, 0.2) is 29.8 Å². The van der Waals surface area contributed by atoms with Crippen LogP contribution in [-0.4, -0.2) is 18.5 Å². The largest absolute Gasteiger partial charge is 0.416 e. The van der Waals surface area contributed by atoms with Crippen molar-refractivity contribution in [2.75, 3.05) is 6.61 Å². The fourth-order valence-corrected chi connectivity index (χ4v) is 12.9. The molecule has 9 atom stereocenters. The maximum Gasteiger partial charge on any atom is 0.416 e. The number of ether oxygens (including phenoxy) is 1. The van der Waals surface area contributed by atoms with Crippen molar-refractivity contribution in [1.29, 1.82) is 0 Å². The van der Waals surface area contributed by atoms with Crippen molar-refractivity contribution in [1.82, 2.24) is 0 Å². The van der Waals surface area contributed by atoms with Gasteiger partial charge in [-0.15, -0.1) is 0 Å². The first-order valence-electron chi connectivity index (χ1n) is 16.9. The van der Waals surface area contributed by atoms with Crippen LogP contribution in [0.25, 0.3) is 6.08 Å². The highest BCUT2D eigenvalue weighted by Gasteiger charge is 2.73. The fourth-order valence-electron chi connectivity index (χ4n) is 12.9. The Morgan fingerprint density at radius 1 is 0.814 bits per heavy atom. The summed E-state index contributed by atoms with van der Waals surface area (Å²) in [6.45, 7) is 17.8. The fraction of sp³-hybridized carbons (Fsp3) is 0.763. The maximum absolute atomic E-state index is 14.0. The van der Waals surface area contributed by atoms with Gasteiger partial charge in [0.15, 0.2) is 5.78 Å². The molecule has 1 saturated heterocycles. The molecule has 7 rings (SSSR count). The predicted octanol–water partition coefficient (Wildman–Crippen LogP) is 10.2. The van der Waals surface area contributed by atoms with Gasteiger partial charge in [0.25, 0.3) is 0 Å². The molecule has 43 heavy (non-hydrogen) atoms. The van der Waals surface area contributed by atoms with Crippen LogP contribution in [0.3, 0.4) is 0 Å². The number of alkyl halides is 3. The highest BCUT2D eigenvalue weighted by Crippen LogP contribution is 2.78. The first kappa shape index (κ1) is 30.1. The molecule has 5 aliphatic carbocycles. The van der Waals surface area contributed by atoms with Crippen molar-refractivity contribution in [3.63, 3.8) is 0 Å². The minimum absolute atomic E-state index is 0.0351. The van der Waals surface area contributed by atoms with E-state index in [1.807, 2.05) is 6.08 Å². The summed E-state index contributed by atoms with van der Waals surface area (Å²) in [5.41, 5.74) is 1.30. The predicted molar refractivity (Wildman–Crippen MR) is 164 cm³/mol. The molecule has 2 nitrogen and oxygen atoms in total. The van der Waals surface area contributed by atoms with Gasteiger partial charge in [-0.2, -0.15) is 13.2 Å². The molecule has 6 aliphatic rings. The van der Waals surface area contributed by atoms with E-state index < -0.39 is 17.2 Å². The van der Waals surface area contributed by atoms with Crippen LogP contribution in [0.4, 0.5) is 13.2 Å². The molecule has 236 valence electrons. The number of halogens is 3. The molecular weight excluding hydrogens is 545 g/mol. The molecule has 0 spiro atoms. The number of allylic oxidation sites excluding steroid dienone is 1. The Morgan fingerprint density at radius 2 is 1.49 bits per heavy atom. The van der Waals surface area contributed by atoms with Crippen LogP contribution in [0, 0.1) is 56.2 Å². The molecule has 1 aliphatic heterocycles. The molecule has 1 aromatic carbocycles. The lowest BCUT2D eigenvalue weighted by Gasteiger charge is -2.73. The van der Waals surface area contributed by atoms with Crippen LogP contribution in [0.5, 0.6) is 0 Å². The minimum Gasteiger partial charge on any atom is -0.377 e. The Bertz CT molecular complexity index is 1360. The second-order valence-corrected chi connectivity index (χ2v) is 17.8. The molecule has 6 fully saturated rings. The number of fused-ring (bicyclic) bond motifs is 5. The summed E-state index contributed by atoms with van der Waals surface area (Å²) in [7, 11) is 0. The summed E-state index contributed by atoms with van der Waals surface area (Å²) >= 11 is 0. The molecule has 0 N–H and O–H groups in total. The highest BCUT2D eigenvalue weighted by molar-refractivity contribution is 6.04. The van der Waals surface area contributed by atoms with E-state index in [2.05, 4.69) is 48.5 Å². The van der Waals surface area contributed by atoms with Crippen molar-refractivity contribution in [3.05, 3.63) is 41.0 Å². The minimum atomic E-state index is -4.37. The number of benzene rings is 1. The first-order chi connectivity index (χ1) is 19.9. The summed E-state index contributed by atoms with van der Waals surface area (Å²) in [6, 6.07) is 5.30. The van der Waals surface area contributed by atoms with Crippen molar-refractivity contribution in [2.45, 2.75) is 119 Å². The molecule has 1 aromatic rings. The van der Waals surface area contributed by atoms with Crippen molar-refractivity contribution >= 4 is 11.9 Å². The number of rotatable bonds is 1. The van der Waals surface area contributed by atoms with Gasteiger partial charge in [0.05, 0.1) is 18.3 Å². The number of Topliss-reactive ketones (excluding diaryl/α,β-unsaturated/α-hetero) is 1. The molecule has 0 amide bonds. The van der Waals surface area contributed by atoms with Gasteiger partial charge in [0.2, 0.25) is 0 Å². The Morgan fingerprint density at radius 3 is 2.16 bits per heavy atom. The summed E-state index contributed by atoms with van der Waals surface area (Å²) < 4.78 is 46.4. The van der Waals surface area contributed by atoms with E-state index in [0.29, 0.717) is 47.2 Å². The van der Waals surface area contributed by atoms with E-state index >= 15 is 0 Å². The topological polar surface area (TPSA) is 26.3 Å². The number of hydrogen-bond donors (Lipinski definition) is 0. The lowest BCUT2D eigenvalue weighted by atomic mass is 9.31. The third-order valence-corrected chi connectivity index (χ3v) is 15.3. The average molecular weight is 597 g/mol. The van der Waals surface area contributed by atoms with Crippen LogP contribution in [0.1, 0.15) is 117 Å². The van der Waals surface area contributed by atoms with Gasteiger partial charge >= 0.3 is 6.18 Å². The second-order valence-electron chi connectivity index (χ2n) is 17.8. The Labute approximate surface area is 256 Å². The van der Waals surface area contributed by atoms with E-state index in [1.54, 1.807) is 0 Å². The first-order valence-corrected chi connectivity index (χ1v) is 16.9. The van der Waals surface area contributed by atoms with Gasteiger partial charge in [0, 0.05) is 5.41 Å². The summed E-state index contributed by atoms with van der Waals surface area (Å²) in [4.78, 5) is 14.0. The second kappa shape index (κ2) is 9.01. The maximum atomic E-state index is 14.0. The number of carbonyl (C=O) groups excluding carboxylic acids is 1. The van der Waals surface area contributed by atoms with E-state index in [1.165, 1.54) is 57.1 Å². The van der Waals surface area contributed by atoms with Gasteiger partial charge in [-0.1, -0.05) is 60.6 Å². The monoisotopic (exact) mass is 596 g/mol. The molecule has 2 bridgehead atoms. The van der Waals surface area contributed by atoms with E-state index in [9.17, 15) is 18.0 Å². The lowest BCUT2D eigenvalue weighted by molar-refractivity contribution is -0.236. The Hall–Kier alpha value is -1.62. The van der Waals surface area contributed by atoms with Gasteiger partial charge in [0.1, 0.15) is 0 Å². The van der Waals surface area contributed by atoms with Crippen LogP contribution in [0.2, 0.25) is 0 Å². The molecule has 0 radical (unpaired) electrons. The molecule has 5 heteroatoms. The summed E-state index contributed by atoms with van der Waals surface area (Å²) in [6.07, 6.45) is 8.43. The quantitative estimate of drug-likeness (QED) is 0.302. The van der Waals surface area contributed by atoms with Crippen molar-refractivity contribution in [3.8, 4) is 0 Å².